The smallest absolute Gasteiger partial charge is 0.407 e. The molecule has 1 aliphatic heterocycles. The topological polar surface area (TPSA) is 95.9 Å². The molecule has 2 N–H and O–H groups in total. The number of carboxylic acids is 1. The van der Waals surface area contributed by atoms with Crippen molar-refractivity contribution < 1.29 is 24.2 Å². The average Bonchev–Trinajstić information content (AvgIpc) is 3.19. The Bertz CT molecular complexity index is 1050. The molecule has 0 saturated carbocycles. The number of piperidine rings is 1. The molecule has 1 aliphatic carbocycles. The fourth-order valence-corrected chi connectivity index (χ4v) is 5.40. The van der Waals surface area contributed by atoms with Crippen LogP contribution in [0.4, 0.5) is 4.79 Å². The summed E-state index contributed by atoms with van der Waals surface area (Å²) in [6.07, 6.45) is 2.62. The number of rotatable bonds is 8. The Morgan fingerprint density at radius 1 is 1.09 bits per heavy atom. The number of benzene rings is 2. The second-order valence-corrected chi connectivity index (χ2v) is 10.5. The van der Waals surface area contributed by atoms with Gasteiger partial charge in [0.1, 0.15) is 12.6 Å². The minimum absolute atomic E-state index is 0.0516. The highest BCUT2D eigenvalue weighted by Crippen LogP contribution is 2.44. The van der Waals surface area contributed by atoms with Gasteiger partial charge in [0.15, 0.2) is 0 Å². The predicted octanol–water partition coefficient (Wildman–Crippen LogP) is 4.36. The average molecular weight is 497 g/mol. The van der Waals surface area contributed by atoms with Crippen LogP contribution in [0.1, 0.15) is 43.2 Å². The van der Waals surface area contributed by atoms with E-state index < -0.39 is 23.5 Å². The molecule has 2 aromatic rings. The molecule has 2 amide bonds. The summed E-state index contributed by atoms with van der Waals surface area (Å²) in [6, 6.07) is 15.6. The number of fused-ring (bicyclic) bond motifs is 3. The minimum atomic E-state index is -0.833. The normalized spacial score (nSPS) is 17.3. The van der Waals surface area contributed by atoms with Gasteiger partial charge >= 0.3 is 12.1 Å². The maximum absolute atomic E-state index is 13.2. The van der Waals surface area contributed by atoms with Gasteiger partial charge in [0.05, 0.1) is 5.41 Å². The van der Waals surface area contributed by atoms with Crippen molar-refractivity contribution in [2.45, 2.75) is 38.1 Å². The molecular weight excluding hydrogens is 464 g/mol. The number of hydrogen-bond donors (Lipinski definition) is 2. The Morgan fingerprint density at radius 2 is 1.66 bits per heavy atom. The molecule has 1 atom stereocenters. The molecule has 7 nitrogen and oxygen atoms in total. The molecule has 0 radical (unpaired) electrons. The summed E-state index contributed by atoms with van der Waals surface area (Å²) >= 11 is 1.60. The molecule has 186 valence electrons. The standard InChI is InChI=1S/C27H32N2O5S/c1-27(25(31)32)12-14-29(15-13-27)24(30)23(11-16-35-2)28-26(33)34-17-22-20-9-5-3-7-18(20)19-8-4-6-10-21(19)22/h3-10,22-23H,11-17H2,1-2H3,(H,28,33)(H,31,32). The molecule has 0 bridgehead atoms. The van der Waals surface area contributed by atoms with Crippen molar-refractivity contribution in [3.8, 4) is 11.1 Å². The van der Waals surface area contributed by atoms with E-state index in [1.165, 1.54) is 0 Å². The van der Waals surface area contributed by atoms with Crippen LogP contribution in [0, 0.1) is 5.41 Å². The number of carbonyl (C=O) groups excluding carboxylic acids is 2. The molecule has 35 heavy (non-hydrogen) atoms. The first-order chi connectivity index (χ1) is 16.8. The molecule has 2 aromatic carbocycles. The van der Waals surface area contributed by atoms with Gasteiger partial charge < -0.3 is 20.1 Å². The Balaban J connectivity index is 1.39. The minimum Gasteiger partial charge on any atom is -0.481 e. The summed E-state index contributed by atoms with van der Waals surface area (Å²) in [6.45, 7) is 2.63. The van der Waals surface area contributed by atoms with E-state index in [0.717, 1.165) is 22.3 Å². The zero-order valence-corrected chi connectivity index (χ0v) is 21.0. The summed E-state index contributed by atoms with van der Waals surface area (Å²) in [7, 11) is 0. The van der Waals surface area contributed by atoms with Crippen molar-refractivity contribution in [1.82, 2.24) is 10.2 Å². The first-order valence-electron chi connectivity index (χ1n) is 12.0. The van der Waals surface area contributed by atoms with E-state index in [4.69, 9.17) is 4.74 Å². The Morgan fingerprint density at radius 3 is 2.20 bits per heavy atom. The van der Waals surface area contributed by atoms with Crippen molar-refractivity contribution in [2.24, 2.45) is 5.41 Å². The summed E-state index contributed by atoms with van der Waals surface area (Å²) in [5.74, 6) is -0.356. The molecule has 8 heteroatoms. The number of ether oxygens (including phenoxy) is 1. The zero-order valence-electron chi connectivity index (χ0n) is 20.2. The number of aliphatic carboxylic acids is 1. The molecule has 1 saturated heterocycles. The molecule has 4 rings (SSSR count). The number of nitrogens with one attached hydrogen (secondary N) is 1. The van der Waals surface area contributed by atoms with Crippen LogP contribution in [0.5, 0.6) is 0 Å². The highest BCUT2D eigenvalue weighted by Gasteiger charge is 2.39. The predicted molar refractivity (Wildman–Crippen MR) is 137 cm³/mol. The van der Waals surface area contributed by atoms with Gasteiger partial charge in [-0.2, -0.15) is 11.8 Å². The van der Waals surface area contributed by atoms with Crippen LogP contribution in [-0.4, -0.2) is 65.7 Å². The summed E-state index contributed by atoms with van der Waals surface area (Å²) in [4.78, 5) is 39.2. The van der Waals surface area contributed by atoms with Crippen molar-refractivity contribution >= 4 is 29.7 Å². The molecule has 0 spiro atoms. The second-order valence-electron chi connectivity index (χ2n) is 9.50. The van der Waals surface area contributed by atoms with Crippen LogP contribution in [0.25, 0.3) is 11.1 Å². The van der Waals surface area contributed by atoms with Crippen LogP contribution < -0.4 is 5.32 Å². The van der Waals surface area contributed by atoms with Crippen LogP contribution in [-0.2, 0) is 14.3 Å². The third-order valence-corrected chi connectivity index (χ3v) is 7.88. The lowest BCUT2D eigenvalue weighted by Gasteiger charge is -2.38. The number of carbonyl (C=O) groups is 3. The van der Waals surface area contributed by atoms with E-state index in [1.807, 2.05) is 30.5 Å². The summed E-state index contributed by atoms with van der Waals surface area (Å²) < 4.78 is 5.65. The van der Waals surface area contributed by atoms with Crippen molar-refractivity contribution in [3.63, 3.8) is 0 Å². The molecular formula is C27H32N2O5S. The highest BCUT2D eigenvalue weighted by molar-refractivity contribution is 7.98. The van der Waals surface area contributed by atoms with Gasteiger partial charge in [-0.15, -0.1) is 0 Å². The van der Waals surface area contributed by atoms with Crippen molar-refractivity contribution in [2.75, 3.05) is 31.7 Å². The first-order valence-corrected chi connectivity index (χ1v) is 13.4. The Labute approximate surface area is 210 Å². The number of hydrogen-bond acceptors (Lipinski definition) is 5. The maximum Gasteiger partial charge on any atom is 0.407 e. The summed E-state index contributed by atoms with van der Waals surface area (Å²) in [5, 5.41) is 12.2. The van der Waals surface area contributed by atoms with E-state index in [2.05, 4.69) is 29.6 Å². The lowest BCUT2D eigenvalue weighted by Crippen LogP contribution is -2.53. The molecule has 1 fully saturated rings. The van der Waals surface area contributed by atoms with E-state index in [-0.39, 0.29) is 18.4 Å². The number of thioether (sulfide) groups is 1. The number of carboxylic acid groups (broad SMARTS) is 1. The van der Waals surface area contributed by atoms with Gasteiger partial charge in [-0.05, 0) is 60.4 Å². The Hall–Kier alpha value is -3.00. The largest absolute Gasteiger partial charge is 0.481 e. The fraction of sp³-hybridized carbons (Fsp3) is 0.444. The molecule has 1 heterocycles. The zero-order chi connectivity index (χ0) is 25.0. The third kappa shape index (κ3) is 5.32. The van der Waals surface area contributed by atoms with Gasteiger partial charge in [0, 0.05) is 19.0 Å². The number of nitrogens with zero attached hydrogens (tertiary/aromatic N) is 1. The lowest BCUT2D eigenvalue weighted by atomic mass is 9.80. The number of likely N-dealkylation sites (tertiary alicyclic amines) is 1. The maximum atomic E-state index is 13.2. The van der Waals surface area contributed by atoms with E-state index >= 15 is 0 Å². The number of amides is 2. The quantitative estimate of drug-likeness (QED) is 0.564. The molecule has 2 aliphatic rings. The molecule has 0 aromatic heterocycles. The lowest BCUT2D eigenvalue weighted by molar-refractivity contribution is -0.153. The third-order valence-electron chi connectivity index (χ3n) is 7.24. The van der Waals surface area contributed by atoms with Crippen LogP contribution in [0.3, 0.4) is 0 Å². The van der Waals surface area contributed by atoms with E-state index in [9.17, 15) is 19.5 Å². The van der Waals surface area contributed by atoms with Crippen LogP contribution in [0.2, 0.25) is 0 Å². The van der Waals surface area contributed by atoms with E-state index in [0.29, 0.717) is 38.1 Å². The SMILES string of the molecule is CSCCC(NC(=O)OCC1c2ccccc2-c2ccccc21)C(=O)N1CCC(C)(C(=O)O)CC1. The Kier molecular flexibility index (Phi) is 7.69. The van der Waals surface area contributed by atoms with Gasteiger partial charge in [-0.3, -0.25) is 9.59 Å². The molecule has 1 unspecified atom stereocenters. The van der Waals surface area contributed by atoms with Gasteiger partial charge in [0.25, 0.3) is 0 Å². The highest BCUT2D eigenvalue weighted by atomic mass is 32.2. The fourth-order valence-electron chi connectivity index (χ4n) is 4.93. The van der Waals surface area contributed by atoms with Gasteiger partial charge in [-0.25, -0.2) is 4.79 Å². The van der Waals surface area contributed by atoms with Crippen LogP contribution >= 0.6 is 11.8 Å². The van der Waals surface area contributed by atoms with Gasteiger partial charge in [0.2, 0.25) is 5.91 Å². The van der Waals surface area contributed by atoms with Crippen molar-refractivity contribution in [3.05, 3.63) is 59.7 Å². The van der Waals surface area contributed by atoms with Crippen molar-refractivity contribution in [1.29, 1.82) is 0 Å². The monoisotopic (exact) mass is 496 g/mol. The van der Waals surface area contributed by atoms with Crippen LogP contribution in [0.15, 0.2) is 48.5 Å². The van der Waals surface area contributed by atoms with E-state index in [1.54, 1.807) is 23.6 Å². The van der Waals surface area contributed by atoms with Gasteiger partial charge in [-0.1, -0.05) is 48.5 Å². The first kappa shape index (κ1) is 25.1. The second kappa shape index (κ2) is 10.7. The summed E-state index contributed by atoms with van der Waals surface area (Å²) in [5.41, 5.74) is 3.76. The number of alkyl carbamates (subject to hydrolysis) is 1.